The van der Waals surface area contributed by atoms with E-state index in [4.69, 9.17) is 12.1 Å². The molecule has 0 saturated carbocycles. The first-order valence-corrected chi connectivity index (χ1v) is 38.1. The summed E-state index contributed by atoms with van der Waals surface area (Å²) in [6, 6.07) is 42.3. The van der Waals surface area contributed by atoms with Gasteiger partial charge < -0.3 is 0 Å². The molecule has 105 heavy (non-hydrogen) atoms. The van der Waals surface area contributed by atoms with Gasteiger partial charge in [-0.2, -0.15) is 0 Å². The summed E-state index contributed by atoms with van der Waals surface area (Å²) in [4.78, 5) is 7.54. The zero-order chi connectivity index (χ0) is 88.9. The minimum atomic E-state index is -1.58. The Morgan fingerprint density at radius 2 is 0.800 bits per heavy atom. The zero-order valence-electron chi connectivity index (χ0n) is 78.6. The summed E-state index contributed by atoms with van der Waals surface area (Å²) in [6.07, 6.45) is 0. The Hall–Kier alpha value is -11.4. The van der Waals surface area contributed by atoms with Crippen LogP contribution in [0.5, 0.6) is 0 Å². The van der Waals surface area contributed by atoms with Gasteiger partial charge in [0.1, 0.15) is 0 Å². The van der Waals surface area contributed by atoms with Gasteiger partial charge in [0.2, 0.25) is 0 Å². The molecule has 6 nitrogen and oxygen atoms in total. The van der Waals surface area contributed by atoms with Crippen LogP contribution < -0.4 is 26.2 Å². The standard InChI is InChI=1S/C96H73BN6Se2/c1-94(2,3)63-48-71(59-27-15-11-16-28-59)90(72(49-63)60-29-17-12-18-30-60)102-81-55-67(100-79-45-39-58(57-98)47-75(79)87-69-35-23-25-37-85(69)104-92(87)100)41-43-77(81)97-78-44-42-68(101-80-46-40-66(99-10)54-76(80)88-70-36-24-26-38-86(70)105-93(88)101)56-82(78)103(84-53-65(96(7,8)9)52-83(102)89(84)97)91-73(61-31-19-13-20-32-61)50-64(95(4,5)6)51-74(91)62-33-21-14-22-34-62/h11-56H,1-9H3/i23D,24D,25D,26D,35D,36D,37D,38D,39D,40D,41D,42D,43D,44D,45D,46D,47D,54D,55D,56D. The Morgan fingerprint density at radius 3 is 1.19 bits per heavy atom. The average Bonchev–Trinajstić information content (AvgIpc) is 0.931. The number of anilines is 6. The van der Waals surface area contributed by atoms with Crippen molar-refractivity contribution in [3.8, 4) is 62.0 Å². The van der Waals surface area contributed by atoms with Crippen molar-refractivity contribution in [2.24, 2.45) is 0 Å². The first-order valence-electron chi connectivity index (χ1n) is 44.6. The SMILES string of the molecule is [2H]c1c([2H])c(-n2c3[se]c4c([2H])c([2H])c([2H])c([2H])c4c3c3c([2H])c(C#N)c([2H])c([2H])c32)c([2H])c2c1B1c3c(cc(C(C)(C)C)cc3N(c3c(-c4ccccc4)cc(C(C)(C)C)cc3-c3ccccc3)c3c([2H])c(-n4c5[se]c6c([2H])c([2H])c([2H])c([2H])c6c5c5c([2H])c([N+]#[C-])c([2H])c([2H])c54)c([2H])c([2H])c31)N2c1c(-c2ccccc2)cc(C(C)(C)C)cc1-c1ccccc1. The molecule has 502 valence electrons. The molecular formula is C96H73BN6Se2. The van der Waals surface area contributed by atoms with E-state index in [0.717, 1.165) is 11.1 Å². The monoisotopic (exact) mass is 1500 g/mol. The summed E-state index contributed by atoms with van der Waals surface area (Å²) in [5, 5.41) is 10.6. The first-order chi connectivity index (χ1) is 59.3. The molecule has 13 aromatic carbocycles. The molecule has 0 aliphatic carbocycles. The topological polar surface area (TPSA) is 44.5 Å². The third-order valence-electron chi connectivity index (χ3n) is 20.4. The van der Waals surface area contributed by atoms with Gasteiger partial charge in [-0.3, -0.25) is 0 Å². The van der Waals surface area contributed by atoms with Gasteiger partial charge in [-0.15, -0.1) is 0 Å². The normalized spacial score (nSPS) is 15.6. The molecule has 9 heteroatoms. The van der Waals surface area contributed by atoms with Crippen molar-refractivity contribution in [3.05, 3.63) is 312 Å². The summed E-state index contributed by atoms with van der Waals surface area (Å²) in [7, 11) is 0. The van der Waals surface area contributed by atoms with Crippen molar-refractivity contribution in [3.63, 3.8) is 0 Å². The average molecular weight is 1500 g/mol. The van der Waals surface area contributed by atoms with E-state index in [1.807, 2.05) is 149 Å². The summed E-state index contributed by atoms with van der Waals surface area (Å²) in [5.41, 5.74) is 5.35. The molecule has 2 aliphatic rings. The number of nitriles is 1. The molecule has 0 spiro atoms. The summed E-state index contributed by atoms with van der Waals surface area (Å²) >= 11 is -2.47. The molecule has 6 heterocycles. The van der Waals surface area contributed by atoms with Crippen LogP contribution in [-0.4, -0.2) is 44.9 Å². The van der Waals surface area contributed by atoms with Crippen LogP contribution in [0.1, 0.15) is 112 Å². The second-order valence-electron chi connectivity index (χ2n) is 29.8. The Kier molecular flexibility index (Phi) is 10.6. The molecule has 0 fully saturated rings. The zero-order valence-corrected chi connectivity index (χ0v) is 62.0. The van der Waals surface area contributed by atoms with Crippen LogP contribution in [0.4, 0.5) is 39.8 Å². The van der Waals surface area contributed by atoms with Gasteiger partial charge in [0.25, 0.3) is 0 Å². The van der Waals surface area contributed by atoms with E-state index in [9.17, 15) is 27.2 Å². The van der Waals surface area contributed by atoms with Crippen molar-refractivity contribution < 1.29 is 27.4 Å². The third kappa shape index (κ3) is 10.2. The van der Waals surface area contributed by atoms with E-state index in [0.29, 0.717) is 78.3 Å². The van der Waals surface area contributed by atoms with Gasteiger partial charge in [0.05, 0.1) is 0 Å². The number of benzene rings is 13. The molecule has 4 aromatic heterocycles. The maximum absolute atomic E-state index is 11.9. The van der Waals surface area contributed by atoms with Crippen molar-refractivity contribution in [2.45, 2.75) is 78.6 Å². The fourth-order valence-corrected chi connectivity index (χ4v) is 20.0. The third-order valence-corrected chi connectivity index (χ3v) is 25.0. The predicted octanol–water partition coefficient (Wildman–Crippen LogP) is 23.4. The molecule has 0 radical (unpaired) electrons. The van der Waals surface area contributed by atoms with Crippen LogP contribution in [0.25, 0.3) is 121 Å². The van der Waals surface area contributed by atoms with Gasteiger partial charge >= 0.3 is 657 Å². The Labute approximate surface area is 653 Å². The van der Waals surface area contributed by atoms with Gasteiger partial charge in [-0.1, -0.05) is 0 Å². The van der Waals surface area contributed by atoms with Crippen LogP contribution in [-0.2, 0) is 16.2 Å². The maximum atomic E-state index is 11.9. The predicted molar refractivity (Wildman–Crippen MR) is 447 cm³/mol. The fourth-order valence-electron chi connectivity index (χ4n) is 15.2. The van der Waals surface area contributed by atoms with Crippen LogP contribution in [0.3, 0.4) is 0 Å². The molecular weight excluding hydrogens is 1410 g/mol. The number of aromatic nitrogens is 2. The molecule has 0 amide bonds. The van der Waals surface area contributed by atoms with E-state index >= 15 is 0 Å². The summed E-state index contributed by atoms with van der Waals surface area (Å²) < 4.78 is 206. The van der Waals surface area contributed by atoms with Gasteiger partial charge in [-0.25, -0.2) is 0 Å². The molecule has 2 aliphatic heterocycles. The van der Waals surface area contributed by atoms with E-state index in [-0.39, 0.29) is 100 Å². The van der Waals surface area contributed by atoms with Crippen molar-refractivity contribution >= 4 is 153 Å². The molecule has 19 rings (SSSR count). The number of hydrogen-bond acceptors (Lipinski definition) is 3. The van der Waals surface area contributed by atoms with Crippen molar-refractivity contribution in [1.29, 1.82) is 5.26 Å². The number of hydrogen-bond donors (Lipinski definition) is 0. The second-order valence-corrected chi connectivity index (χ2v) is 34.0. The number of fused-ring (bicyclic) bond motifs is 14. The molecule has 0 N–H and O–H groups in total. The van der Waals surface area contributed by atoms with Crippen molar-refractivity contribution in [2.75, 3.05) is 9.80 Å². The fraction of sp³-hybridized carbons (Fsp3) is 0.125. The van der Waals surface area contributed by atoms with E-state index in [2.05, 4.69) is 91.4 Å². The van der Waals surface area contributed by atoms with Crippen LogP contribution in [0.2, 0.25) is 0 Å². The van der Waals surface area contributed by atoms with Crippen LogP contribution >= 0.6 is 0 Å². The number of nitrogens with zero attached hydrogens (tertiary/aromatic N) is 6. The molecule has 0 bridgehead atoms. The number of rotatable bonds is 8. The van der Waals surface area contributed by atoms with Crippen LogP contribution in [0, 0.1) is 17.9 Å². The summed E-state index contributed by atoms with van der Waals surface area (Å²) in [5.74, 6) is 0. The van der Waals surface area contributed by atoms with Crippen molar-refractivity contribution in [1.82, 2.24) is 9.13 Å². The van der Waals surface area contributed by atoms with E-state index in [1.165, 1.54) is 9.13 Å². The second kappa shape index (κ2) is 24.1. The molecule has 0 atom stereocenters. The quantitative estimate of drug-likeness (QED) is 0.112. The van der Waals surface area contributed by atoms with Gasteiger partial charge in [-0.05, 0) is 0 Å². The van der Waals surface area contributed by atoms with Gasteiger partial charge in [0.15, 0.2) is 0 Å². The molecule has 0 unspecified atom stereocenters. The Morgan fingerprint density at radius 1 is 0.419 bits per heavy atom. The molecule has 0 saturated heterocycles. The van der Waals surface area contributed by atoms with Gasteiger partial charge in [0, 0.05) is 0 Å². The first kappa shape index (κ1) is 46.4. The van der Waals surface area contributed by atoms with Crippen LogP contribution in [0.15, 0.2) is 279 Å². The summed E-state index contributed by atoms with van der Waals surface area (Å²) in [6.45, 7) is 25.7. The van der Waals surface area contributed by atoms with E-state index < -0.39 is 178 Å². The Balaban J connectivity index is 1.09. The van der Waals surface area contributed by atoms with E-state index in [1.54, 1.807) is 0 Å². The molecule has 17 aromatic rings. The minimum absolute atomic E-state index is 0.0157. The Bertz CT molecular complexity index is 7260.